The van der Waals surface area contributed by atoms with Crippen LogP contribution in [0.3, 0.4) is 0 Å². The van der Waals surface area contributed by atoms with E-state index in [1.165, 1.54) is 46.1 Å². The zero-order valence-electron chi connectivity index (χ0n) is 20.2. The topological polar surface area (TPSA) is 7.12 Å². The molecule has 1 aliphatic rings. The van der Waals surface area contributed by atoms with E-state index in [1.807, 2.05) is 0 Å². The van der Waals surface area contributed by atoms with Crippen LogP contribution in [0.5, 0.6) is 0 Å². The molecule has 0 amide bonds. The lowest BCUT2D eigenvalue weighted by Crippen LogP contribution is -3.00. The van der Waals surface area contributed by atoms with Crippen LogP contribution in [0.25, 0.3) is 22.6 Å². The van der Waals surface area contributed by atoms with Crippen molar-refractivity contribution in [3.05, 3.63) is 84.2 Å². The van der Waals surface area contributed by atoms with Crippen molar-refractivity contribution in [2.75, 3.05) is 11.4 Å². The molecule has 0 unspecified atom stereocenters. The van der Waals surface area contributed by atoms with E-state index >= 15 is 0 Å². The molecule has 0 radical (unpaired) electrons. The van der Waals surface area contributed by atoms with E-state index < -0.39 is 0 Å². The van der Waals surface area contributed by atoms with Gasteiger partial charge < -0.3 is 28.9 Å². The van der Waals surface area contributed by atoms with Crippen LogP contribution >= 0.6 is 12.4 Å². The Morgan fingerprint density at radius 2 is 1.58 bits per heavy atom. The predicted octanol–water partition coefficient (Wildman–Crippen LogP) is 4.52. The monoisotopic (exact) mass is 574 g/mol. The van der Waals surface area contributed by atoms with Crippen LogP contribution in [0.15, 0.2) is 73.1 Å². The highest BCUT2D eigenvalue weighted by molar-refractivity contribution is 5.99. The second-order valence-electron chi connectivity index (χ2n) is 9.47. The normalized spacial score (nSPS) is 13.9. The third kappa shape index (κ3) is 6.60. The average Bonchev–Trinajstić information content (AvgIpc) is 2.77. The van der Waals surface area contributed by atoms with Gasteiger partial charge in [-0.25, -0.2) is 0 Å². The summed E-state index contributed by atoms with van der Waals surface area (Å²) in [7, 11) is 0. The van der Waals surface area contributed by atoms with Gasteiger partial charge in [0, 0.05) is 42.5 Å². The van der Waals surface area contributed by atoms with Crippen LogP contribution in [0.4, 0.5) is 5.69 Å². The van der Waals surface area contributed by atoms with Gasteiger partial charge in [-0.05, 0) is 53.7 Å². The number of rotatable bonds is 7. The minimum absolute atomic E-state index is 0. The minimum Gasteiger partial charge on any atom is -1.00 e. The Balaban J connectivity index is 0.00000193. The molecule has 0 saturated heterocycles. The summed E-state index contributed by atoms with van der Waals surface area (Å²) in [5, 5.41) is 1.31. The highest BCUT2D eigenvalue weighted by atomic mass is 127. The molecule has 0 saturated carbocycles. The summed E-state index contributed by atoms with van der Waals surface area (Å²) in [6.45, 7) is 11.3. The van der Waals surface area contributed by atoms with Gasteiger partial charge in [-0.3, -0.25) is 0 Å². The van der Waals surface area contributed by atoms with Crippen molar-refractivity contribution < 1.29 is 28.5 Å². The Labute approximate surface area is 222 Å². The lowest BCUT2D eigenvalue weighted by atomic mass is 9.96. The molecule has 0 aliphatic carbocycles. The molecule has 3 aromatic rings. The molecule has 1 aliphatic heterocycles. The zero-order valence-corrected chi connectivity index (χ0v) is 23.1. The molecule has 33 heavy (non-hydrogen) atoms. The quantitative estimate of drug-likeness (QED) is 0.297. The molecule has 0 atom stereocenters. The number of para-hydroxylation sites is 2. The van der Waals surface area contributed by atoms with Gasteiger partial charge in [0.1, 0.15) is 6.54 Å². The number of nitrogens with zero attached hydrogens (tertiary/aromatic N) is 2. The maximum absolute atomic E-state index is 2.40. The third-order valence-corrected chi connectivity index (χ3v) is 6.12. The van der Waals surface area contributed by atoms with Gasteiger partial charge in [-0.1, -0.05) is 58.0 Å². The average molecular weight is 575 g/mol. The van der Waals surface area contributed by atoms with Crippen molar-refractivity contribution in [1.29, 1.82) is 0 Å². The Morgan fingerprint density at radius 3 is 2.33 bits per heavy atom. The fourth-order valence-electron chi connectivity index (χ4n) is 4.22. The highest BCUT2D eigenvalue weighted by Crippen LogP contribution is 2.35. The van der Waals surface area contributed by atoms with E-state index in [9.17, 15) is 0 Å². The lowest BCUT2D eigenvalue weighted by molar-refractivity contribution is -0.672. The summed E-state index contributed by atoms with van der Waals surface area (Å²) in [6.07, 6.45) is 11.5. The number of fused-ring (bicyclic) bond motifs is 2. The molecule has 0 N–H and O–H groups in total. The molecule has 2 nitrogen and oxygen atoms in total. The summed E-state index contributed by atoms with van der Waals surface area (Å²) < 4.78 is 2.40. The van der Waals surface area contributed by atoms with Crippen molar-refractivity contribution in [3.63, 3.8) is 0 Å². The minimum atomic E-state index is 0. The SMILES string of the molecule is CC(C)CCN1C=C/C(=C\c2cc[n+](CCC(C)C)c3ccccc23)c2ccccc21.Cl.[I-]. The van der Waals surface area contributed by atoms with E-state index in [4.69, 9.17) is 0 Å². The van der Waals surface area contributed by atoms with Gasteiger partial charge in [-0.2, -0.15) is 4.57 Å². The van der Waals surface area contributed by atoms with E-state index in [2.05, 4.69) is 116 Å². The fourth-order valence-corrected chi connectivity index (χ4v) is 4.22. The van der Waals surface area contributed by atoms with Crippen molar-refractivity contribution in [1.82, 2.24) is 0 Å². The summed E-state index contributed by atoms with van der Waals surface area (Å²) >= 11 is 0. The van der Waals surface area contributed by atoms with Crippen molar-refractivity contribution in [3.8, 4) is 0 Å². The number of hydrogen-bond donors (Lipinski definition) is 0. The second kappa shape index (κ2) is 12.6. The number of pyridine rings is 1. The third-order valence-electron chi connectivity index (χ3n) is 6.12. The van der Waals surface area contributed by atoms with Gasteiger partial charge >= 0.3 is 0 Å². The Morgan fingerprint density at radius 1 is 0.879 bits per heavy atom. The number of benzene rings is 2. The molecule has 176 valence electrons. The summed E-state index contributed by atoms with van der Waals surface area (Å²) in [5.41, 5.74) is 6.49. The van der Waals surface area contributed by atoms with E-state index in [0.29, 0.717) is 11.8 Å². The zero-order chi connectivity index (χ0) is 21.8. The van der Waals surface area contributed by atoms with Crippen LogP contribution in [-0.2, 0) is 6.54 Å². The van der Waals surface area contributed by atoms with Crippen LogP contribution in [0.1, 0.15) is 51.7 Å². The predicted molar refractivity (Wildman–Crippen MR) is 141 cm³/mol. The van der Waals surface area contributed by atoms with Gasteiger partial charge in [-0.15, -0.1) is 12.4 Å². The first-order chi connectivity index (χ1) is 15.0. The van der Waals surface area contributed by atoms with Gasteiger partial charge in [0.05, 0.1) is 5.39 Å². The van der Waals surface area contributed by atoms with Crippen molar-refractivity contribution in [2.45, 2.75) is 47.1 Å². The molecule has 0 bridgehead atoms. The molecule has 2 aromatic carbocycles. The molecule has 2 heterocycles. The Kier molecular flexibility index (Phi) is 10.4. The molecular formula is C29H36ClIN2. The molecule has 4 heteroatoms. The van der Waals surface area contributed by atoms with Crippen molar-refractivity contribution in [2.24, 2.45) is 11.8 Å². The first-order valence-corrected chi connectivity index (χ1v) is 11.7. The van der Waals surface area contributed by atoms with Crippen LogP contribution in [0.2, 0.25) is 0 Å². The van der Waals surface area contributed by atoms with Gasteiger partial charge in [0.2, 0.25) is 5.52 Å². The number of allylic oxidation sites excluding steroid dienone is 2. The maximum Gasteiger partial charge on any atom is 0.213 e. The second-order valence-corrected chi connectivity index (χ2v) is 9.47. The number of halogens is 2. The van der Waals surface area contributed by atoms with E-state index in [0.717, 1.165) is 13.1 Å². The van der Waals surface area contributed by atoms with Crippen molar-refractivity contribution >= 4 is 40.6 Å². The largest absolute Gasteiger partial charge is 1.00 e. The maximum atomic E-state index is 2.40. The smallest absolute Gasteiger partial charge is 0.213 e. The van der Waals surface area contributed by atoms with Gasteiger partial charge in [0.15, 0.2) is 6.20 Å². The number of anilines is 1. The van der Waals surface area contributed by atoms with E-state index in [-0.39, 0.29) is 36.4 Å². The summed E-state index contributed by atoms with van der Waals surface area (Å²) in [5.74, 6) is 1.41. The number of aromatic nitrogens is 1. The molecule has 1 aromatic heterocycles. The van der Waals surface area contributed by atoms with Crippen LogP contribution < -0.4 is 33.4 Å². The highest BCUT2D eigenvalue weighted by Gasteiger charge is 2.17. The first kappa shape index (κ1) is 27.4. The lowest BCUT2D eigenvalue weighted by Gasteiger charge is -2.28. The van der Waals surface area contributed by atoms with E-state index in [1.54, 1.807) is 0 Å². The first-order valence-electron chi connectivity index (χ1n) is 11.7. The number of hydrogen-bond acceptors (Lipinski definition) is 1. The van der Waals surface area contributed by atoms with Gasteiger partial charge in [0.25, 0.3) is 0 Å². The fraction of sp³-hybridized carbons (Fsp3) is 0.345. The Bertz CT molecular complexity index is 1120. The molecule has 4 rings (SSSR count). The summed E-state index contributed by atoms with van der Waals surface area (Å²) in [4.78, 5) is 2.40. The van der Waals surface area contributed by atoms with Crippen LogP contribution in [0, 0.1) is 11.8 Å². The standard InChI is InChI=1S/C29H35N2.ClH.HI/c1-22(2)13-17-30-19-15-24(26-9-5-7-11-28(26)30)21-25-16-20-31(18-14-23(3)4)29-12-8-6-10-27(25)29;;/h5-12,15-16,19-23H,13-14,17-18H2,1-4H3;2*1H/q+1;;/p-1. The number of aryl methyl sites for hydroxylation is 1. The van der Waals surface area contributed by atoms with Crippen LogP contribution in [-0.4, -0.2) is 6.54 Å². The molecule has 0 fully saturated rings. The summed E-state index contributed by atoms with van der Waals surface area (Å²) in [6, 6.07) is 19.9. The Hall–Kier alpha value is -1.85. The molecular weight excluding hydrogens is 539 g/mol. The molecule has 0 spiro atoms.